The molecule has 1 saturated heterocycles. The molecule has 0 radical (unpaired) electrons. The van der Waals surface area contributed by atoms with Crippen molar-refractivity contribution >= 4 is 5.91 Å². The van der Waals surface area contributed by atoms with E-state index >= 15 is 0 Å². The molecule has 1 heterocycles. The molecular formula is C20H31NO3. The molecule has 2 rings (SSSR count). The second kappa shape index (κ2) is 8.52. The van der Waals surface area contributed by atoms with Gasteiger partial charge >= 0.3 is 0 Å². The first-order valence-corrected chi connectivity index (χ1v) is 8.93. The number of ether oxygens (including phenoxy) is 2. The van der Waals surface area contributed by atoms with Crippen LogP contribution in [0.2, 0.25) is 0 Å². The minimum absolute atomic E-state index is 0.165. The maximum absolute atomic E-state index is 13.6. The number of nitrogens with zero attached hydrogens (tertiary/aromatic N) is 1. The van der Waals surface area contributed by atoms with Crippen LogP contribution in [0.3, 0.4) is 0 Å². The predicted molar refractivity (Wildman–Crippen MR) is 96.6 cm³/mol. The van der Waals surface area contributed by atoms with E-state index in [1.54, 1.807) is 14.2 Å². The van der Waals surface area contributed by atoms with Crippen molar-refractivity contribution in [3.8, 4) is 0 Å². The van der Waals surface area contributed by atoms with E-state index in [0.29, 0.717) is 6.61 Å². The second-order valence-electron chi connectivity index (χ2n) is 6.87. The Labute approximate surface area is 146 Å². The summed E-state index contributed by atoms with van der Waals surface area (Å²) in [6.07, 6.45) is 11.6. The molecule has 0 bridgehead atoms. The van der Waals surface area contributed by atoms with E-state index in [1.165, 1.54) is 5.57 Å². The molecular weight excluding hydrogens is 302 g/mol. The number of likely N-dealkylation sites (tertiary alicyclic amines) is 1. The highest BCUT2D eigenvalue weighted by molar-refractivity contribution is 5.88. The van der Waals surface area contributed by atoms with Crippen molar-refractivity contribution in [2.75, 3.05) is 27.4 Å². The first-order chi connectivity index (χ1) is 11.6. The van der Waals surface area contributed by atoms with Crippen LogP contribution in [0, 0.1) is 5.41 Å². The second-order valence-corrected chi connectivity index (χ2v) is 6.87. The lowest BCUT2D eigenvalue weighted by Gasteiger charge is -2.39. The SMILES string of the molecule is C=CCCC[C@@]1(C(=O)N2CCC[C@H]2COC)C=C(C)CC=C1OC. The summed E-state index contributed by atoms with van der Waals surface area (Å²) in [5.41, 5.74) is 0.557. The summed E-state index contributed by atoms with van der Waals surface area (Å²) in [6, 6.07) is 0.174. The summed E-state index contributed by atoms with van der Waals surface area (Å²) in [4.78, 5) is 15.6. The molecule has 0 saturated carbocycles. The Kier molecular flexibility index (Phi) is 6.67. The Morgan fingerprint density at radius 2 is 2.29 bits per heavy atom. The maximum atomic E-state index is 13.6. The Balaban J connectivity index is 2.34. The van der Waals surface area contributed by atoms with E-state index in [1.807, 2.05) is 11.0 Å². The van der Waals surface area contributed by atoms with Gasteiger partial charge in [0, 0.05) is 13.7 Å². The van der Waals surface area contributed by atoms with Crippen LogP contribution < -0.4 is 0 Å². The quantitative estimate of drug-likeness (QED) is 0.500. The molecule has 2 aliphatic rings. The smallest absolute Gasteiger partial charge is 0.240 e. The Hall–Kier alpha value is -1.55. The summed E-state index contributed by atoms with van der Waals surface area (Å²) < 4.78 is 11.0. The Morgan fingerprint density at radius 1 is 1.50 bits per heavy atom. The highest BCUT2D eigenvalue weighted by atomic mass is 16.5. The third kappa shape index (κ3) is 3.75. The van der Waals surface area contributed by atoms with E-state index in [2.05, 4.69) is 25.7 Å². The zero-order valence-electron chi connectivity index (χ0n) is 15.3. The Morgan fingerprint density at radius 3 is 2.96 bits per heavy atom. The minimum Gasteiger partial charge on any atom is -0.500 e. The summed E-state index contributed by atoms with van der Waals surface area (Å²) in [5.74, 6) is 0.962. The van der Waals surface area contributed by atoms with E-state index < -0.39 is 5.41 Å². The highest BCUT2D eigenvalue weighted by Crippen LogP contribution is 2.43. The first kappa shape index (κ1) is 18.8. The molecule has 0 aromatic carbocycles. The number of rotatable bonds is 8. The van der Waals surface area contributed by atoms with Crippen LogP contribution in [0.15, 0.2) is 36.1 Å². The van der Waals surface area contributed by atoms with Gasteiger partial charge in [-0.3, -0.25) is 4.79 Å². The highest BCUT2D eigenvalue weighted by Gasteiger charge is 2.47. The topological polar surface area (TPSA) is 38.8 Å². The summed E-state index contributed by atoms with van der Waals surface area (Å²) in [7, 11) is 3.37. The number of allylic oxidation sites excluding steroid dienone is 3. The van der Waals surface area contributed by atoms with Crippen molar-refractivity contribution in [3.63, 3.8) is 0 Å². The van der Waals surface area contributed by atoms with E-state index in [-0.39, 0.29) is 11.9 Å². The molecule has 24 heavy (non-hydrogen) atoms. The van der Waals surface area contributed by atoms with Crippen LogP contribution in [0.1, 0.15) is 45.4 Å². The first-order valence-electron chi connectivity index (χ1n) is 8.93. The third-order valence-electron chi connectivity index (χ3n) is 5.12. The number of hydrogen-bond acceptors (Lipinski definition) is 3. The lowest BCUT2D eigenvalue weighted by Crippen LogP contribution is -2.48. The molecule has 0 aromatic rings. The average molecular weight is 333 g/mol. The molecule has 4 heteroatoms. The standard InChI is InChI=1S/C20H31NO3/c1-5-6-7-12-20(14-16(2)10-11-18(20)24-4)19(22)21-13-8-9-17(21)15-23-3/h5,11,14,17H,1,6-10,12-13,15H2,2-4H3/t17-,20+/m0/s1. The van der Waals surface area contributed by atoms with Gasteiger partial charge in [-0.25, -0.2) is 0 Å². The van der Waals surface area contributed by atoms with E-state index in [9.17, 15) is 4.79 Å². The molecule has 0 unspecified atom stereocenters. The van der Waals surface area contributed by atoms with Gasteiger partial charge in [0.15, 0.2) is 0 Å². The van der Waals surface area contributed by atoms with Crippen molar-refractivity contribution in [2.24, 2.45) is 5.41 Å². The largest absolute Gasteiger partial charge is 0.500 e. The molecule has 1 aliphatic carbocycles. The molecule has 0 N–H and O–H groups in total. The van der Waals surface area contributed by atoms with Crippen molar-refractivity contribution in [1.29, 1.82) is 0 Å². The van der Waals surface area contributed by atoms with Crippen molar-refractivity contribution in [2.45, 2.75) is 51.5 Å². The normalized spacial score (nSPS) is 26.8. The van der Waals surface area contributed by atoms with Crippen LogP contribution in [-0.4, -0.2) is 44.2 Å². The number of unbranched alkanes of at least 4 members (excludes halogenated alkanes) is 1. The van der Waals surface area contributed by atoms with Gasteiger partial charge in [0.2, 0.25) is 5.91 Å². The van der Waals surface area contributed by atoms with Gasteiger partial charge in [-0.2, -0.15) is 0 Å². The lowest BCUT2D eigenvalue weighted by atomic mass is 9.74. The number of methoxy groups -OCH3 is 2. The average Bonchev–Trinajstić information content (AvgIpc) is 3.03. The fourth-order valence-corrected chi connectivity index (χ4v) is 3.97. The van der Waals surface area contributed by atoms with Crippen LogP contribution in [-0.2, 0) is 14.3 Å². The van der Waals surface area contributed by atoms with Crippen molar-refractivity contribution in [3.05, 3.63) is 36.1 Å². The number of hydrogen-bond donors (Lipinski definition) is 0. The fraction of sp³-hybridized carbons (Fsp3) is 0.650. The molecule has 4 nitrogen and oxygen atoms in total. The van der Waals surface area contributed by atoms with Gasteiger partial charge in [-0.15, -0.1) is 6.58 Å². The zero-order valence-corrected chi connectivity index (χ0v) is 15.3. The third-order valence-corrected chi connectivity index (χ3v) is 5.12. The monoisotopic (exact) mass is 333 g/mol. The molecule has 1 fully saturated rings. The van der Waals surface area contributed by atoms with Gasteiger partial charge < -0.3 is 14.4 Å². The summed E-state index contributed by atoms with van der Waals surface area (Å²) in [5, 5.41) is 0. The maximum Gasteiger partial charge on any atom is 0.240 e. The van der Waals surface area contributed by atoms with E-state index in [4.69, 9.17) is 9.47 Å². The Bertz CT molecular complexity index is 523. The minimum atomic E-state index is -0.670. The number of amides is 1. The van der Waals surface area contributed by atoms with Crippen molar-refractivity contribution in [1.82, 2.24) is 4.90 Å². The number of carbonyl (C=O) groups excluding carboxylic acids is 1. The van der Waals surface area contributed by atoms with Crippen LogP contribution in [0.5, 0.6) is 0 Å². The predicted octanol–water partition coefficient (Wildman–Crippen LogP) is 3.85. The van der Waals surface area contributed by atoms with Gasteiger partial charge in [0.05, 0.1) is 19.8 Å². The van der Waals surface area contributed by atoms with Crippen LogP contribution >= 0.6 is 0 Å². The molecule has 1 amide bonds. The van der Waals surface area contributed by atoms with Gasteiger partial charge in [0.1, 0.15) is 11.2 Å². The van der Waals surface area contributed by atoms with Gasteiger partial charge in [-0.05, 0) is 51.5 Å². The lowest BCUT2D eigenvalue weighted by molar-refractivity contribution is -0.141. The molecule has 134 valence electrons. The molecule has 0 aromatic heterocycles. The number of carbonyl (C=O) groups is 1. The zero-order chi connectivity index (χ0) is 17.6. The van der Waals surface area contributed by atoms with Gasteiger partial charge in [-0.1, -0.05) is 17.7 Å². The molecule has 2 atom stereocenters. The van der Waals surface area contributed by atoms with E-state index in [0.717, 1.165) is 50.8 Å². The molecule has 1 aliphatic heterocycles. The summed E-state index contributed by atoms with van der Waals surface area (Å²) >= 11 is 0. The van der Waals surface area contributed by atoms with Gasteiger partial charge in [0.25, 0.3) is 0 Å². The molecule has 0 spiro atoms. The van der Waals surface area contributed by atoms with Crippen LogP contribution in [0.25, 0.3) is 0 Å². The van der Waals surface area contributed by atoms with Crippen molar-refractivity contribution < 1.29 is 14.3 Å². The summed E-state index contributed by atoms with van der Waals surface area (Å²) in [6.45, 7) is 7.30. The fourth-order valence-electron chi connectivity index (χ4n) is 3.97. The van der Waals surface area contributed by atoms with Crippen LogP contribution in [0.4, 0.5) is 0 Å².